The summed E-state index contributed by atoms with van der Waals surface area (Å²) >= 11 is 0. The molecule has 0 spiro atoms. The maximum Gasteiger partial charge on any atom is 0.309 e. The van der Waals surface area contributed by atoms with E-state index in [2.05, 4.69) is 59.8 Å². The largest absolute Gasteiger partial charge is 0.466 e. The van der Waals surface area contributed by atoms with E-state index in [1.54, 1.807) is 0 Å². The molecule has 0 atom stereocenters. The molecular weight excluding hydrogens is 284 g/mol. The molecule has 0 saturated carbocycles. The smallest absolute Gasteiger partial charge is 0.309 e. The van der Waals surface area contributed by atoms with Crippen LogP contribution in [-0.4, -0.2) is 12.6 Å². The fourth-order valence-corrected chi connectivity index (χ4v) is 2.70. The van der Waals surface area contributed by atoms with Crippen LogP contribution in [0, 0.1) is 0 Å². The van der Waals surface area contributed by atoms with E-state index in [0.29, 0.717) is 30.8 Å². The summed E-state index contributed by atoms with van der Waals surface area (Å²) in [6.45, 7) is 15.7. The lowest BCUT2D eigenvalue weighted by atomic mass is 9.84. The van der Waals surface area contributed by atoms with Gasteiger partial charge in [-0.2, -0.15) is 0 Å². The van der Waals surface area contributed by atoms with E-state index in [1.165, 1.54) is 22.3 Å². The molecule has 0 bridgehead atoms. The molecule has 0 saturated heterocycles. The fourth-order valence-electron chi connectivity index (χ4n) is 2.70. The van der Waals surface area contributed by atoms with Crippen LogP contribution in [-0.2, 0) is 9.53 Å². The summed E-state index contributed by atoms with van der Waals surface area (Å²) < 4.78 is 5.00. The number of ether oxygens (including phenoxy) is 1. The second-order valence-electron chi connectivity index (χ2n) is 6.99. The number of hydrogen-bond donors (Lipinski definition) is 0. The summed E-state index contributed by atoms with van der Waals surface area (Å²) in [5, 5.41) is 0. The first-order valence-corrected chi connectivity index (χ1v) is 8.77. The van der Waals surface area contributed by atoms with Crippen molar-refractivity contribution in [2.24, 2.45) is 0 Å². The topological polar surface area (TPSA) is 26.3 Å². The third kappa shape index (κ3) is 5.53. The van der Waals surface area contributed by atoms with Gasteiger partial charge in [0.15, 0.2) is 0 Å². The van der Waals surface area contributed by atoms with E-state index in [-0.39, 0.29) is 5.97 Å². The van der Waals surface area contributed by atoms with E-state index in [0.717, 1.165) is 0 Å². The number of hydrogen-bond acceptors (Lipinski definition) is 2. The fraction of sp³-hybridized carbons (Fsp3) is 0.571. The quantitative estimate of drug-likeness (QED) is 0.575. The van der Waals surface area contributed by atoms with Gasteiger partial charge in [0.25, 0.3) is 0 Å². The van der Waals surface area contributed by atoms with Crippen LogP contribution in [0.25, 0.3) is 6.08 Å². The molecule has 0 N–H and O–H groups in total. The first-order valence-electron chi connectivity index (χ1n) is 8.77. The van der Waals surface area contributed by atoms with Crippen LogP contribution in [0.5, 0.6) is 0 Å². The highest BCUT2D eigenvalue weighted by Gasteiger charge is 2.15. The van der Waals surface area contributed by atoms with Gasteiger partial charge in [-0.15, -0.1) is 0 Å². The van der Waals surface area contributed by atoms with Crippen molar-refractivity contribution in [2.75, 3.05) is 6.61 Å². The Morgan fingerprint density at radius 1 is 1.00 bits per heavy atom. The van der Waals surface area contributed by atoms with Crippen molar-refractivity contribution < 1.29 is 9.53 Å². The number of rotatable bonds is 7. The lowest BCUT2D eigenvalue weighted by Crippen LogP contribution is -2.04. The molecule has 0 amide bonds. The van der Waals surface area contributed by atoms with Crippen molar-refractivity contribution in [1.29, 1.82) is 0 Å². The van der Waals surface area contributed by atoms with Crippen LogP contribution in [0.3, 0.4) is 0 Å². The van der Waals surface area contributed by atoms with Gasteiger partial charge < -0.3 is 4.74 Å². The van der Waals surface area contributed by atoms with Gasteiger partial charge in [0.1, 0.15) is 0 Å². The van der Waals surface area contributed by atoms with Gasteiger partial charge in [-0.1, -0.05) is 65.8 Å². The van der Waals surface area contributed by atoms with Crippen LogP contribution in [0.1, 0.15) is 94.9 Å². The van der Waals surface area contributed by atoms with Gasteiger partial charge >= 0.3 is 5.97 Å². The van der Waals surface area contributed by atoms with E-state index >= 15 is 0 Å². The molecule has 128 valence electrons. The van der Waals surface area contributed by atoms with E-state index in [9.17, 15) is 4.79 Å². The molecule has 1 aromatic rings. The molecule has 2 heteroatoms. The second-order valence-corrected chi connectivity index (χ2v) is 6.99. The molecule has 2 nitrogen and oxygen atoms in total. The Balaban J connectivity index is 3.26. The van der Waals surface area contributed by atoms with Gasteiger partial charge in [-0.05, 0) is 46.9 Å². The SMILES string of the molecule is CCOC(=O)CC=Cc1c(C(C)C)cc(C(C)C)cc1C(C)C. The van der Waals surface area contributed by atoms with Crippen molar-refractivity contribution >= 4 is 12.0 Å². The molecule has 0 aromatic heterocycles. The standard InChI is InChI=1S/C21H32O2/c1-8-23-21(22)11-9-10-18-19(15(4)5)12-17(14(2)3)13-20(18)16(6)7/h9-10,12-16H,8,11H2,1-7H3. The summed E-state index contributed by atoms with van der Waals surface area (Å²) in [7, 11) is 0. The Kier molecular flexibility index (Phi) is 7.54. The molecule has 0 fully saturated rings. The van der Waals surface area contributed by atoms with Crippen molar-refractivity contribution in [3.8, 4) is 0 Å². The molecule has 0 aliphatic heterocycles. The zero-order valence-corrected chi connectivity index (χ0v) is 15.8. The Morgan fingerprint density at radius 3 is 1.91 bits per heavy atom. The predicted octanol–water partition coefficient (Wildman–Crippen LogP) is 6.02. The molecular formula is C21H32O2. The van der Waals surface area contributed by atoms with Crippen molar-refractivity contribution in [2.45, 2.75) is 72.6 Å². The average Bonchev–Trinajstić information content (AvgIpc) is 2.46. The summed E-state index contributed by atoms with van der Waals surface area (Å²) in [5.41, 5.74) is 5.38. The Bertz CT molecular complexity index is 522. The highest BCUT2D eigenvalue weighted by molar-refractivity contribution is 5.73. The molecule has 0 heterocycles. The summed E-state index contributed by atoms with van der Waals surface area (Å²) in [6, 6.07) is 4.65. The Hall–Kier alpha value is -1.57. The molecule has 23 heavy (non-hydrogen) atoms. The Labute approximate surface area is 141 Å². The Morgan fingerprint density at radius 2 is 1.52 bits per heavy atom. The molecule has 1 rings (SSSR count). The van der Waals surface area contributed by atoms with Gasteiger partial charge in [-0.25, -0.2) is 0 Å². The minimum atomic E-state index is -0.167. The van der Waals surface area contributed by atoms with Crippen LogP contribution in [0.2, 0.25) is 0 Å². The lowest BCUT2D eigenvalue weighted by molar-refractivity contribution is -0.142. The van der Waals surface area contributed by atoms with E-state index < -0.39 is 0 Å². The van der Waals surface area contributed by atoms with Crippen molar-refractivity contribution in [3.63, 3.8) is 0 Å². The maximum atomic E-state index is 11.5. The minimum absolute atomic E-state index is 0.167. The number of carbonyl (C=O) groups excluding carboxylic acids is 1. The normalized spacial score (nSPS) is 11.9. The maximum absolute atomic E-state index is 11.5. The van der Waals surface area contributed by atoms with Crippen LogP contribution < -0.4 is 0 Å². The molecule has 0 radical (unpaired) electrons. The highest BCUT2D eigenvalue weighted by atomic mass is 16.5. The predicted molar refractivity (Wildman–Crippen MR) is 99.0 cm³/mol. The zero-order valence-electron chi connectivity index (χ0n) is 15.8. The molecule has 0 unspecified atom stereocenters. The molecule has 0 aliphatic carbocycles. The van der Waals surface area contributed by atoms with Gasteiger partial charge in [-0.3, -0.25) is 4.79 Å². The van der Waals surface area contributed by atoms with Gasteiger partial charge in [0.05, 0.1) is 13.0 Å². The van der Waals surface area contributed by atoms with E-state index in [4.69, 9.17) is 4.74 Å². The second kappa shape index (κ2) is 8.90. The summed E-state index contributed by atoms with van der Waals surface area (Å²) in [4.78, 5) is 11.5. The summed E-state index contributed by atoms with van der Waals surface area (Å²) in [6.07, 6.45) is 4.36. The molecule has 0 aliphatic rings. The monoisotopic (exact) mass is 316 g/mol. The minimum Gasteiger partial charge on any atom is -0.466 e. The third-order valence-electron chi connectivity index (χ3n) is 4.05. The van der Waals surface area contributed by atoms with E-state index in [1.807, 2.05) is 13.0 Å². The summed E-state index contributed by atoms with van der Waals surface area (Å²) in [5.74, 6) is 1.25. The number of carbonyl (C=O) groups is 1. The number of benzene rings is 1. The van der Waals surface area contributed by atoms with Gasteiger partial charge in [0.2, 0.25) is 0 Å². The first kappa shape index (κ1) is 19.5. The van der Waals surface area contributed by atoms with Crippen LogP contribution in [0.15, 0.2) is 18.2 Å². The lowest BCUT2D eigenvalue weighted by Gasteiger charge is -2.21. The molecule has 1 aromatic carbocycles. The van der Waals surface area contributed by atoms with Crippen LogP contribution >= 0.6 is 0 Å². The van der Waals surface area contributed by atoms with Gasteiger partial charge in [0, 0.05) is 0 Å². The zero-order chi connectivity index (χ0) is 17.6. The first-order chi connectivity index (χ1) is 10.8. The van der Waals surface area contributed by atoms with Crippen molar-refractivity contribution in [3.05, 3.63) is 40.5 Å². The highest BCUT2D eigenvalue weighted by Crippen LogP contribution is 2.33. The average molecular weight is 316 g/mol. The third-order valence-corrected chi connectivity index (χ3v) is 4.05. The van der Waals surface area contributed by atoms with Crippen molar-refractivity contribution in [1.82, 2.24) is 0 Å². The van der Waals surface area contributed by atoms with Crippen LogP contribution in [0.4, 0.5) is 0 Å². The number of esters is 1.